The number of fused-ring (bicyclic) bond motifs is 11. The fraction of sp³-hybridized carbons (Fsp3) is 0. The third-order valence-corrected chi connectivity index (χ3v) is 11.3. The van der Waals surface area contributed by atoms with Gasteiger partial charge in [0.2, 0.25) is 0 Å². The first kappa shape index (κ1) is 27.8. The molecular formula is C49H29N3. The fourth-order valence-corrected chi connectivity index (χ4v) is 9.10. The first-order valence-corrected chi connectivity index (χ1v) is 17.9. The van der Waals surface area contributed by atoms with Crippen LogP contribution in [0.25, 0.3) is 110 Å². The summed E-state index contributed by atoms with van der Waals surface area (Å²) in [5, 5.41) is 10.00. The molecule has 52 heavy (non-hydrogen) atoms. The summed E-state index contributed by atoms with van der Waals surface area (Å²) in [6, 6.07) is 60.1. The van der Waals surface area contributed by atoms with E-state index in [1.165, 1.54) is 110 Å². The first-order valence-electron chi connectivity index (χ1n) is 17.9. The summed E-state index contributed by atoms with van der Waals surface area (Å²) in [5.74, 6) is 0. The van der Waals surface area contributed by atoms with E-state index >= 15 is 0 Å². The standard InChI is InChI=1S/C49H29N3/c1-2-12-34(13-3-1)51-44-24-21-32(27-41(44)39-23-20-30-10-4-5-14-35(30)49(39)51)31-22-25-45-40(26-31)36-15-6-7-18-43(36)52(45)46-19-9-17-38-37-16-8-11-33-28-50-29-42(47(33)37)48(38)46/h1-29H. The van der Waals surface area contributed by atoms with Crippen molar-refractivity contribution in [2.75, 3.05) is 0 Å². The molecule has 3 heterocycles. The van der Waals surface area contributed by atoms with Gasteiger partial charge in [-0.25, -0.2) is 0 Å². The molecule has 240 valence electrons. The topological polar surface area (TPSA) is 22.8 Å². The summed E-state index contributed by atoms with van der Waals surface area (Å²) >= 11 is 0. The van der Waals surface area contributed by atoms with E-state index in [1.807, 2.05) is 12.4 Å². The molecule has 1 aliphatic carbocycles. The quantitative estimate of drug-likeness (QED) is 0.185. The van der Waals surface area contributed by atoms with Gasteiger partial charge in [-0.05, 0) is 76.2 Å². The van der Waals surface area contributed by atoms with Gasteiger partial charge < -0.3 is 9.13 Å². The minimum atomic E-state index is 1.17. The van der Waals surface area contributed by atoms with Crippen molar-refractivity contribution >= 4 is 65.2 Å². The molecule has 0 unspecified atom stereocenters. The van der Waals surface area contributed by atoms with Crippen molar-refractivity contribution in [2.24, 2.45) is 0 Å². The highest BCUT2D eigenvalue weighted by Gasteiger charge is 2.26. The molecule has 0 saturated heterocycles. The minimum absolute atomic E-state index is 1.17. The summed E-state index contributed by atoms with van der Waals surface area (Å²) in [6.45, 7) is 0. The predicted molar refractivity (Wildman–Crippen MR) is 218 cm³/mol. The van der Waals surface area contributed by atoms with Crippen molar-refractivity contribution in [1.82, 2.24) is 14.1 Å². The average molecular weight is 660 g/mol. The maximum Gasteiger partial charge on any atom is 0.0619 e. The van der Waals surface area contributed by atoms with Crippen LogP contribution in [-0.2, 0) is 0 Å². The van der Waals surface area contributed by atoms with Crippen LogP contribution in [-0.4, -0.2) is 14.1 Å². The maximum atomic E-state index is 4.67. The van der Waals surface area contributed by atoms with Gasteiger partial charge in [-0.15, -0.1) is 0 Å². The van der Waals surface area contributed by atoms with Gasteiger partial charge >= 0.3 is 0 Å². The summed E-state index contributed by atoms with van der Waals surface area (Å²) in [4.78, 5) is 4.67. The Hall–Kier alpha value is -6.97. The van der Waals surface area contributed by atoms with Crippen LogP contribution in [0.4, 0.5) is 0 Å². The van der Waals surface area contributed by atoms with Crippen molar-refractivity contribution in [3.05, 3.63) is 176 Å². The summed E-state index contributed by atoms with van der Waals surface area (Å²) in [6.07, 6.45) is 4.02. The van der Waals surface area contributed by atoms with E-state index in [9.17, 15) is 0 Å². The van der Waals surface area contributed by atoms with E-state index in [0.29, 0.717) is 0 Å². The molecule has 8 aromatic carbocycles. The van der Waals surface area contributed by atoms with Crippen molar-refractivity contribution < 1.29 is 0 Å². The SMILES string of the molecule is c1ccc(-n2c3ccc(-c4ccc5c(c4)c4ccccc4n5-c4cccc5c4-c4cncc6cccc-5c46)cc3c3ccc4ccccc4c32)cc1. The van der Waals surface area contributed by atoms with Crippen molar-refractivity contribution in [1.29, 1.82) is 0 Å². The third kappa shape index (κ3) is 3.66. The lowest BCUT2D eigenvalue weighted by atomic mass is 10.00. The van der Waals surface area contributed by atoms with Crippen molar-refractivity contribution in [3.63, 3.8) is 0 Å². The Morgan fingerprint density at radius 2 is 1.06 bits per heavy atom. The first-order chi connectivity index (χ1) is 25.8. The molecule has 0 fully saturated rings. The molecule has 0 N–H and O–H groups in total. The fourth-order valence-electron chi connectivity index (χ4n) is 9.10. The van der Waals surface area contributed by atoms with Crippen LogP contribution in [0.1, 0.15) is 0 Å². The Bertz CT molecular complexity index is 3280. The number of benzene rings is 8. The van der Waals surface area contributed by atoms with Gasteiger partial charge in [-0.3, -0.25) is 4.98 Å². The molecule has 0 saturated carbocycles. The number of hydrogen-bond donors (Lipinski definition) is 0. The highest BCUT2D eigenvalue weighted by molar-refractivity contribution is 6.20. The second-order valence-corrected chi connectivity index (χ2v) is 14.0. The number of nitrogens with zero attached hydrogens (tertiary/aromatic N) is 3. The predicted octanol–water partition coefficient (Wildman–Crippen LogP) is 12.9. The summed E-state index contributed by atoms with van der Waals surface area (Å²) in [5.41, 5.74) is 14.6. The monoisotopic (exact) mass is 659 g/mol. The summed E-state index contributed by atoms with van der Waals surface area (Å²) < 4.78 is 4.89. The molecular weight excluding hydrogens is 631 g/mol. The average Bonchev–Trinajstić information content (AvgIpc) is 3.85. The Morgan fingerprint density at radius 3 is 1.92 bits per heavy atom. The molecule has 0 radical (unpaired) electrons. The van der Waals surface area contributed by atoms with Gasteiger partial charge in [0.15, 0.2) is 0 Å². The highest BCUT2D eigenvalue weighted by Crippen LogP contribution is 2.50. The largest absolute Gasteiger partial charge is 0.309 e. The lowest BCUT2D eigenvalue weighted by Crippen LogP contribution is -1.97. The second kappa shape index (κ2) is 10.3. The third-order valence-electron chi connectivity index (χ3n) is 11.3. The Morgan fingerprint density at radius 1 is 0.385 bits per heavy atom. The smallest absolute Gasteiger partial charge is 0.0619 e. The Labute approximate surface area is 299 Å². The van der Waals surface area contributed by atoms with Crippen LogP contribution in [0, 0.1) is 0 Å². The van der Waals surface area contributed by atoms with Crippen LogP contribution < -0.4 is 0 Å². The number of aromatic nitrogens is 3. The van der Waals surface area contributed by atoms with E-state index in [2.05, 4.69) is 178 Å². The number of para-hydroxylation sites is 2. The van der Waals surface area contributed by atoms with Crippen LogP contribution in [0.5, 0.6) is 0 Å². The lowest BCUT2D eigenvalue weighted by molar-refractivity contribution is 1.18. The van der Waals surface area contributed by atoms with Crippen LogP contribution in [0.3, 0.4) is 0 Å². The van der Waals surface area contributed by atoms with E-state index in [-0.39, 0.29) is 0 Å². The van der Waals surface area contributed by atoms with Gasteiger partial charge in [-0.1, -0.05) is 115 Å². The van der Waals surface area contributed by atoms with E-state index in [0.717, 1.165) is 0 Å². The molecule has 3 nitrogen and oxygen atoms in total. The van der Waals surface area contributed by atoms with Gasteiger partial charge in [-0.2, -0.15) is 0 Å². The van der Waals surface area contributed by atoms with Gasteiger partial charge in [0, 0.05) is 66.9 Å². The molecule has 0 atom stereocenters. The molecule has 12 rings (SSSR count). The van der Waals surface area contributed by atoms with Crippen LogP contribution in [0.2, 0.25) is 0 Å². The van der Waals surface area contributed by atoms with E-state index in [1.54, 1.807) is 0 Å². The number of pyridine rings is 1. The van der Waals surface area contributed by atoms with Crippen LogP contribution in [0.15, 0.2) is 176 Å². The Balaban J connectivity index is 1.09. The minimum Gasteiger partial charge on any atom is -0.309 e. The second-order valence-electron chi connectivity index (χ2n) is 14.0. The zero-order valence-electron chi connectivity index (χ0n) is 28.1. The molecule has 3 aromatic heterocycles. The number of rotatable bonds is 3. The van der Waals surface area contributed by atoms with Crippen molar-refractivity contribution in [2.45, 2.75) is 0 Å². The molecule has 11 aromatic rings. The van der Waals surface area contributed by atoms with Gasteiger partial charge in [0.05, 0.1) is 27.8 Å². The normalized spacial score (nSPS) is 12.2. The Kier molecular flexibility index (Phi) is 5.50. The van der Waals surface area contributed by atoms with E-state index < -0.39 is 0 Å². The molecule has 1 aliphatic rings. The van der Waals surface area contributed by atoms with E-state index in [4.69, 9.17) is 0 Å². The lowest BCUT2D eigenvalue weighted by Gasteiger charge is -2.14. The van der Waals surface area contributed by atoms with Gasteiger partial charge in [0.1, 0.15) is 0 Å². The molecule has 0 bridgehead atoms. The van der Waals surface area contributed by atoms with Crippen molar-refractivity contribution in [3.8, 4) is 44.8 Å². The number of hydrogen-bond acceptors (Lipinski definition) is 1. The maximum absolute atomic E-state index is 4.67. The zero-order valence-corrected chi connectivity index (χ0v) is 28.1. The molecule has 0 amide bonds. The molecule has 0 spiro atoms. The zero-order chi connectivity index (χ0) is 33.9. The van der Waals surface area contributed by atoms with Crippen LogP contribution >= 0.6 is 0 Å². The summed E-state index contributed by atoms with van der Waals surface area (Å²) in [7, 11) is 0. The molecule has 3 heteroatoms. The highest BCUT2D eigenvalue weighted by atomic mass is 15.0. The van der Waals surface area contributed by atoms with Gasteiger partial charge in [0.25, 0.3) is 0 Å². The molecule has 0 aliphatic heterocycles.